The van der Waals surface area contributed by atoms with Crippen molar-refractivity contribution in [1.29, 1.82) is 5.26 Å². The molecule has 1 aromatic heterocycles. The van der Waals surface area contributed by atoms with E-state index in [1.807, 2.05) is 43.3 Å². The van der Waals surface area contributed by atoms with Crippen LogP contribution in [0.15, 0.2) is 65.2 Å². The lowest BCUT2D eigenvalue weighted by Crippen LogP contribution is -2.13. The summed E-state index contributed by atoms with van der Waals surface area (Å²) in [6, 6.07) is 14.8. The molecule has 0 atom stereocenters. The molecule has 3 rings (SSSR count). The minimum absolute atomic E-state index is 0.0996. The molecule has 8 nitrogen and oxygen atoms in total. The highest BCUT2D eigenvalue weighted by Crippen LogP contribution is 2.34. The molecule has 0 bridgehead atoms. The number of nitrogens with one attached hydrogen (secondary N) is 1. The van der Waals surface area contributed by atoms with Gasteiger partial charge in [-0.3, -0.25) is 4.79 Å². The first kappa shape index (κ1) is 25.1. The fraction of sp³-hybridized carbons (Fsp3) is 0.222. The third-order valence-corrected chi connectivity index (χ3v) is 4.90. The minimum Gasteiger partial charge on any atom is -0.493 e. The van der Waals surface area contributed by atoms with E-state index < -0.39 is 5.91 Å². The summed E-state index contributed by atoms with van der Waals surface area (Å²) in [7, 11) is 1.53. The number of hydrogen-bond acceptors (Lipinski definition) is 7. The van der Waals surface area contributed by atoms with Crippen LogP contribution in [0.3, 0.4) is 0 Å². The van der Waals surface area contributed by atoms with Crippen LogP contribution in [0.5, 0.6) is 17.2 Å². The molecule has 0 saturated carbocycles. The molecule has 1 N–H and O–H groups in total. The van der Waals surface area contributed by atoms with E-state index >= 15 is 0 Å². The predicted molar refractivity (Wildman–Crippen MR) is 133 cm³/mol. The van der Waals surface area contributed by atoms with Gasteiger partial charge in [0, 0.05) is 11.6 Å². The first-order valence-electron chi connectivity index (χ1n) is 10.9. The second-order valence-electron chi connectivity index (χ2n) is 7.66. The maximum atomic E-state index is 12.5. The molecule has 0 aliphatic heterocycles. The average molecular weight is 474 g/mol. The summed E-state index contributed by atoms with van der Waals surface area (Å²) in [6.07, 6.45) is 3.71. The van der Waals surface area contributed by atoms with Gasteiger partial charge in [0.05, 0.1) is 7.11 Å². The molecule has 180 valence electrons. The van der Waals surface area contributed by atoms with E-state index in [1.54, 1.807) is 25.1 Å². The first-order valence-corrected chi connectivity index (χ1v) is 10.9. The van der Waals surface area contributed by atoms with Crippen molar-refractivity contribution in [3.8, 4) is 23.3 Å². The summed E-state index contributed by atoms with van der Waals surface area (Å²) in [5.41, 5.74) is 2.46. The second-order valence-corrected chi connectivity index (χ2v) is 7.66. The fourth-order valence-electron chi connectivity index (χ4n) is 3.25. The van der Waals surface area contributed by atoms with Crippen LogP contribution >= 0.6 is 0 Å². The normalized spacial score (nSPS) is 10.9. The van der Waals surface area contributed by atoms with Crippen molar-refractivity contribution < 1.29 is 23.5 Å². The Balaban J connectivity index is 1.76. The topological polar surface area (TPSA) is 107 Å². The zero-order valence-corrected chi connectivity index (χ0v) is 20.0. The number of hydrogen-bond donors (Lipinski definition) is 1. The molecule has 0 spiro atoms. The van der Waals surface area contributed by atoms with Gasteiger partial charge < -0.3 is 24.1 Å². The largest absolute Gasteiger partial charge is 0.493 e. The van der Waals surface area contributed by atoms with Crippen LogP contribution in [-0.4, -0.2) is 31.4 Å². The molecule has 0 unspecified atom stereocenters. The summed E-state index contributed by atoms with van der Waals surface area (Å²) >= 11 is 0. The van der Waals surface area contributed by atoms with Crippen molar-refractivity contribution in [1.82, 2.24) is 5.16 Å². The number of benzene rings is 2. The number of amides is 1. The Bertz CT molecular complexity index is 1250. The molecular weight excluding hydrogens is 446 g/mol. The molecule has 8 heteroatoms. The van der Waals surface area contributed by atoms with E-state index in [2.05, 4.69) is 17.1 Å². The first-order chi connectivity index (χ1) is 16.9. The third kappa shape index (κ3) is 6.98. The molecule has 0 aliphatic rings. The Morgan fingerprint density at radius 3 is 2.54 bits per heavy atom. The Hall–Kier alpha value is -4.51. The SMILES string of the molecule is C=CCc1cc(/C=C(/C#N)C(=O)Nc2cc(C)on2)cc(OC)c1OCCOc1ccc(C)cc1. The van der Waals surface area contributed by atoms with Crippen LogP contribution < -0.4 is 19.5 Å². The van der Waals surface area contributed by atoms with Gasteiger partial charge in [0.25, 0.3) is 5.91 Å². The average Bonchev–Trinajstić information content (AvgIpc) is 3.26. The Morgan fingerprint density at radius 2 is 1.91 bits per heavy atom. The molecule has 2 aromatic carbocycles. The zero-order chi connectivity index (χ0) is 25.2. The molecule has 0 aliphatic carbocycles. The van der Waals surface area contributed by atoms with Gasteiger partial charge in [0.2, 0.25) is 0 Å². The van der Waals surface area contributed by atoms with Crippen molar-refractivity contribution in [2.75, 3.05) is 25.6 Å². The lowest BCUT2D eigenvalue weighted by Gasteiger charge is -2.16. The maximum absolute atomic E-state index is 12.5. The highest BCUT2D eigenvalue weighted by molar-refractivity contribution is 6.09. The summed E-state index contributed by atoms with van der Waals surface area (Å²) in [4.78, 5) is 12.5. The molecule has 3 aromatic rings. The Kier molecular flexibility index (Phi) is 8.68. The number of aryl methyl sites for hydroxylation is 2. The fourth-order valence-corrected chi connectivity index (χ4v) is 3.25. The van der Waals surface area contributed by atoms with Gasteiger partial charge >= 0.3 is 0 Å². The number of nitrogens with zero attached hydrogens (tertiary/aromatic N) is 2. The highest BCUT2D eigenvalue weighted by atomic mass is 16.5. The summed E-state index contributed by atoms with van der Waals surface area (Å²) in [5.74, 6) is 1.96. The summed E-state index contributed by atoms with van der Waals surface area (Å²) in [5, 5.41) is 15.8. The van der Waals surface area contributed by atoms with Crippen LogP contribution in [-0.2, 0) is 11.2 Å². The molecule has 0 saturated heterocycles. The predicted octanol–water partition coefficient (Wildman–Crippen LogP) is 5.03. The van der Waals surface area contributed by atoms with Crippen molar-refractivity contribution in [2.45, 2.75) is 20.3 Å². The van der Waals surface area contributed by atoms with E-state index in [4.69, 9.17) is 18.7 Å². The molecule has 1 heterocycles. The van der Waals surface area contributed by atoms with E-state index in [9.17, 15) is 10.1 Å². The van der Waals surface area contributed by atoms with Gasteiger partial charge in [-0.1, -0.05) is 28.9 Å². The molecule has 35 heavy (non-hydrogen) atoms. The third-order valence-electron chi connectivity index (χ3n) is 4.90. The van der Waals surface area contributed by atoms with Gasteiger partial charge in [-0.2, -0.15) is 5.26 Å². The van der Waals surface area contributed by atoms with Crippen LogP contribution in [0.25, 0.3) is 6.08 Å². The lowest BCUT2D eigenvalue weighted by molar-refractivity contribution is -0.112. The Morgan fingerprint density at radius 1 is 1.17 bits per heavy atom. The number of aromatic nitrogens is 1. The van der Waals surface area contributed by atoms with Crippen molar-refractivity contribution in [3.05, 3.63) is 83.1 Å². The van der Waals surface area contributed by atoms with Crippen molar-refractivity contribution in [2.24, 2.45) is 0 Å². The number of rotatable bonds is 11. The quantitative estimate of drug-likeness (QED) is 0.180. The maximum Gasteiger partial charge on any atom is 0.267 e. The van der Waals surface area contributed by atoms with Crippen LogP contribution in [0, 0.1) is 25.2 Å². The van der Waals surface area contributed by atoms with Crippen LogP contribution in [0.4, 0.5) is 5.82 Å². The minimum atomic E-state index is -0.599. The van der Waals surface area contributed by atoms with Crippen molar-refractivity contribution >= 4 is 17.8 Å². The van der Waals surface area contributed by atoms with E-state index in [-0.39, 0.29) is 11.4 Å². The number of carbonyl (C=O) groups is 1. The van der Waals surface area contributed by atoms with Gasteiger partial charge in [-0.05, 0) is 56.2 Å². The van der Waals surface area contributed by atoms with Crippen molar-refractivity contribution in [3.63, 3.8) is 0 Å². The van der Waals surface area contributed by atoms with E-state index in [0.29, 0.717) is 42.5 Å². The number of carbonyl (C=O) groups excluding carboxylic acids is 1. The lowest BCUT2D eigenvalue weighted by atomic mass is 10.0. The number of nitriles is 1. The summed E-state index contributed by atoms with van der Waals surface area (Å²) < 4.78 is 22.2. The monoisotopic (exact) mass is 473 g/mol. The van der Waals surface area contributed by atoms with Crippen LogP contribution in [0.1, 0.15) is 22.5 Å². The smallest absolute Gasteiger partial charge is 0.267 e. The number of ether oxygens (including phenoxy) is 3. The van der Waals surface area contributed by atoms with Gasteiger partial charge in [0.15, 0.2) is 17.3 Å². The Labute approximate surface area is 204 Å². The number of methoxy groups -OCH3 is 1. The van der Waals surface area contributed by atoms with Gasteiger partial charge in [-0.25, -0.2) is 0 Å². The van der Waals surface area contributed by atoms with Gasteiger partial charge in [-0.15, -0.1) is 6.58 Å². The number of allylic oxidation sites excluding steroid dienone is 1. The molecule has 1 amide bonds. The van der Waals surface area contributed by atoms with Gasteiger partial charge in [0.1, 0.15) is 36.4 Å². The highest BCUT2D eigenvalue weighted by Gasteiger charge is 2.16. The summed E-state index contributed by atoms with van der Waals surface area (Å²) in [6.45, 7) is 8.18. The zero-order valence-electron chi connectivity index (χ0n) is 20.0. The van der Waals surface area contributed by atoms with Crippen LogP contribution in [0.2, 0.25) is 0 Å². The molecular formula is C27H27N3O5. The standard InChI is InChI=1S/C27H27N3O5/c1-5-6-21-14-20(15-22(17-28)27(31)29-25-13-19(3)35-30-25)16-24(32-4)26(21)34-12-11-33-23-9-7-18(2)8-10-23/h5,7-10,13-16H,1,6,11-12H2,2-4H3,(H,29,30,31)/b22-15-. The van der Waals surface area contributed by atoms with E-state index in [0.717, 1.165) is 16.9 Å². The number of anilines is 1. The van der Waals surface area contributed by atoms with E-state index in [1.165, 1.54) is 13.2 Å². The molecule has 0 fully saturated rings. The second kappa shape index (κ2) is 12.1. The molecule has 0 radical (unpaired) electrons.